The van der Waals surface area contributed by atoms with Crippen LogP contribution in [0.5, 0.6) is 0 Å². The molecule has 3 nitrogen and oxygen atoms in total. The Balaban J connectivity index is 2.16. The molecule has 0 spiro atoms. The van der Waals surface area contributed by atoms with Crippen LogP contribution in [0.3, 0.4) is 0 Å². The molecule has 2 heterocycles. The molecule has 16 heavy (non-hydrogen) atoms. The van der Waals surface area contributed by atoms with Gasteiger partial charge < -0.3 is 9.47 Å². The number of anilines is 1. The molecule has 0 aromatic carbocycles. The highest BCUT2D eigenvalue weighted by atomic mass is 79.9. The third kappa shape index (κ3) is 2.42. The summed E-state index contributed by atoms with van der Waals surface area (Å²) >= 11 is 3.56. The fourth-order valence-electron chi connectivity index (χ4n) is 2.50. The average Bonchev–Trinajstić information content (AvgIpc) is 2.78. The smallest absolute Gasteiger partial charge is 0.205 e. The zero-order valence-electron chi connectivity index (χ0n) is 9.90. The fourth-order valence-corrected chi connectivity index (χ4v) is 3.03. The van der Waals surface area contributed by atoms with Gasteiger partial charge in [0.05, 0.1) is 0 Å². The third-order valence-electron chi connectivity index (χ3n) is 3.36. The number of alkyl halides is 1. The number of aromatic nitrogens is 2. The van der Waals surface area contributed by atoms with Crippen LogP contribution in [0.4, 0.5) is 5.95 Å². The van der Waals surface area contributed by atoms with Crippen molar-refractivity contribution in [1.29, 1.82) is 0 Å². The van der Waals surface area contributed by atoms with Gasteiger partial charge in [-0.2, -0.15) is 0 Å². The lowest BCUT2D eigenvalue weighted by molar-refractivity contribution is 0.440. The molecule has 90 valence electrons. The minimum atomic E-state index is 0.667. The van der Waals surface area contributed by atoms with Crippen molar-refractivity contribution in [2.24, 2.45) is 0 Å². The predicted octanol–water partition coefficient (Wildman–Crippen LogP) is 3.05. The monoisotopic (exact) mass is 285 g/mol. The second kappa shape index (κ2) is 5.71. The van der Waals surface area contributed by atoms with Crippen LogP contribution in [0.1, 0.15) is 32.6 Å². The molecule has 1 aromatic rings. The average molecular weight is 286 g/mol. The summed E-state index contributed by atoms with van der Waals surface area (Å²) in [5, 5.41) is 1.08. The van der Waals surface area contributed by atoms with Gasteiger partial charge in [-0.25, -0.2) is 4.98 Å². The predicted molar refractivity (Wildman–Crippen MR) is 71.3 cm³/mol. The highest BCUT2D eigenvalue weighted by Crippen LogP contribution is 2.25. The summed E-state index contributed by atoms with van der Waals surface area (Å²) in [7, 11) is 0. The molecule has 4 heteroatoms. The van der Waals surface area contributed by atoms with E-state index in [-0.39, 0.29) is 0 Å². The lowest BCUT2D eigenvalue weighted by atomic mass is 10.0. The number of rotatable bonds is 4. The number of piperidine rings is 1. The van der Waals surface area contributed by atoms with Gasteiger partial charge in [0, 0.05) is 36.9 Å². The Hall–Kier alpha value is -0.510. The van der Waals surface area contributed by atoms with Gasteiger partial charge in [0.25, 0.3) is 0 Å². The van der Waals surface area contributed by atoms with Crippen LogP contribution in [0.15, 0.2) is 12.4 Å². The molecule has 0 radical (unpaired) electrons. The SMILES string of the molecule is CCn1ccnc1N1CCCCC1CCBr. The quantitative estimate of drug-likeness (QED) is 0.793. The van der Waals surface area contributed by atoms with Crippen LogP contribution in [-0.2, 0) is 6.54 Å². The fraction of sp³-hybridized carbons (Fsp3) is 0.750. The van der Waals surface area contributed by atoms with Crippen molar-refractivity contribution in [3.05, 3.63) is 12.4 Å². The van der Waals surface area contributed by atoms with Crippen LogP contribution in [-0.4, -0.2) is 27.5 Å². The molecule has 0 N–H and O–H groups in total. The summed E-state index contributed by atoms with van der Waals surface area (Å²) in [4.78, 5) is 7.01. The second-order valence-corrected chi connectivity index (χ2v) is 5.13. The number of aryl methyl sites for hydroxylation is 1. The van der Waals surface area contributed by atoms with Crippen molar-refractivity contribution in [3.63, 3.8) is 0 Å². The van der Waals surface area contributed by atoms with Crippen LogP contribution in [0.2, 0.25) is 0 Å². The second-order valence-electron chi connectivity index (χ2n) is 4.33. The molecule has 1 atom stereocenters. The lowest BCUT2D eigenvalue weighted by Gasteiger charge is -2.36. The van der Waals surface area contributed by atoms with Crippen LogP contribution < -0.4 is 4.90 Å². The maximum absolute atomic E-state index is 4.52. The molecule has 0 amide bonds. The Morgan fingerprint density at radius 1 is 1.50 bits per heavy atom. The van der Waals surface area contributed by atoms with Crippen LogP contribution >= 0.6 is 15.9 Å². The van der Waals surface area contributed by atoms with Gasteiger partial charge in [-0.3, -0.25) is 0 Å². The number of halogens is 1. The van der Waals surface area contributed by atoms with E-state index in [0.29, 0.717) is 6.04 Å². The first-order valence-corrected chi connectivity index (χ1v) is 7.32. The number of hydrogen-bond acceptors (Lipinski definition) is 2. The molecule has 1 aliphatic rings. The number of hydrogen-bond donors (Lipinski definition) is 0. The Morgan fingerprint density at radius 3 is 3.12 bits per heavy atom. The summed E-state index contributed by atoms with van der Waals surface area (Å²) < 4.78 is 2.24. The van der Waals surface area contributed by atoms with Crippen LogP contribution in [0, 0.1) is 0 Å². The van der Waals surface area contributed by atoms with E-state index in [4.69, 9.17) is 0 Å². The van der Waals surface area contributed by atoms with Crippen LogP contribution in [0.25, 0.3) is 0 Å². The normalized spacial score (nSPS) is 21.4. The van der Waals surface area contributed by atoms with E-state index >= 15 is 0 Å². The molecule has 1 aliphatic heterocycles. The number of nitrogens with zero attached hydrogens (tertiary/aromatic N) is 3. The molecule has 0 bridgehead atoms. The first-order chi connectivity index (χ1) is 7.86. The zero-order chi connectivity index (χ0) is 11.4. The minimum absolute atomic E-state index is 0.667. The summed E-state index contributed by atoms with van der Waals surface area (Å²) in [6, 6.07) is 0.667. The van der Waals surface area contributed by atoms with E-state index in [1.807, 2.05) is 6.20 Å². The molecule has 1 aromatic heterocycles. The number of imidazole rings is 1. The van der Waals surface area contributed by atoms with E-state index in [9.17, 15) is 0 Å². The maximum Gasteiger partial charge on any atom is 0.205 e. The molecule has 0 aliphatic carbocycles. The van der Waals surface area contributed by atoms with Gasteiger partial charge in [0.2, 0.25) is 5.95 Å². The summed E-state index contributed by atoms with van der Waals surface area (Å²) in [5.74, 6) is 1.16. The Morgan fingerprint density at radius 2 is 2.38 bits per heavy atom. The van der Waals surface area contributed by atoms with Gasteiger partial charge in [0.1, 0.15) is 0 Å². The largest absolute Gasteiger partial charge is 0.339 e. The van der Waals surface area contributed by atoms with E-state index < -0.39 is 0 Å². The van der Waals surface area contributed by atoms with Gasteiger partial charge in [0.15, 0.2) is 0 Å². The minimum Gasteiger partial charge on any atom is -0.339 e. The molecule has 1 saturated heterocycles. The van der Waals surface area contributed by atoms with E-state index in [2.05, 4.69) is 43.5 Å². The first-order valence-electron chi connectivity index (χ1n) is 6.20. The van der Waals surface area contributed by atoms with Crippen molar-refractivity contribution < 1.29 is 0 Å². The Labute approximate surface area is 106 Å². The molecule has 1 unspecified atom stereocenters. The van der Waals surface area contributed by atoms with Crippen molar-refractivity contribution in [2.75, 3.05) is 16.8 Å². The lowest BCUT2D eigenvalue weighted by Crippen LogP contribution is -2.41. The van der Waals surface area contributed by atoms with Gasteiger partial charge >= 0.3 is 0 Å². The van der Waals surface area contributed by atoms with Crippen molar-refractivity contribution >= 4 is 21.9 Å². The molecule has 2 rings (SSSR count). The van der Waals surface area contributed by atoms with Gasteiger partial charge in [-0.05, 0) is 32.6 Å². The summed E-state index contributed by atoms with van der Waals surface area (Å²) in [5.41, 5.74) is 0. The summed E-state index contributed by atoms with van der Waals surface area (Å²) in [6.45, 7) is 4.34. The van der Waals surface area contributed by atoms with Crippen molar-refractivity contribution in [3.8, 4) is 0 Å². The molecule has 1 fully saturated rings. The van der Waals surface area contributed by atoms with E-state index in [1.165, 1.54) is 25.7 Å². The standard InChI is InChI=1S/C12H20BrN3/c1-2-15-10-8-14-12(15)16-9-4-3-5-11(16)6-7-13/h8,10-11H,2-7,9H2,1H3. The Kier molecular flexibility index (Phi) is 4.27. The van der Waals surface area contributed by atoms with Gasteiger partial charge in [-0.15, -0.1) is 0 Å². The molecule has 0 saturated carbocycles. The maximum atomic E-state index is 4.52. The van der Waals surface area contributed by atoms with E-state index in [0.717, 1.165) is 24.4 Å². The Bertz CT molecular complexity index is 322. The highest BCUT2D eigenvalue weighted by Gasteiger charge is 2.24. The molecular formula is C12H20BrN3. The highest BCUT2D eigenvalue weighted by molar-refractivity contribution is 9.09. The summed E-state index contributed by atoms with van der Waals surface area (Å²) in [6.07, 6.45) is 9.18. The van der Waals surface area contributed by atoms with Crippen molar-refractivity contribution in [1.82, 2.24) is 9.55 Å². The molecular weight excluding hydrogens is 266 g/mol. The topological polar surface area (TPSA) is 21.1 Å². The zero-order valence-corrected chi connectivity index (χ0v) is 11.5. The van der Waals surface area contributed by atoms with E-state index in [1.54, 1.807) is 0 Å². The third-order valence-corrected chi connectivity index (χ3v) is 3.82. The van der Waals surface area contributed by atoms with Gasteiger partial charge in [-0.1, -0.05) is 15.9 Å². The van der Waals surface area contributed by atoms with Crippen molar-refractivity contribution in [2.45, 2.75) is 45.2 Å². The first kappa shape index (κ1) is 12.0.